The highest BCUT2D eigenvalue weighted by Gasteiger charge is 2.28. The molecule has 1 rings (SSSR count). The van der Waals surface area contributed by atoms with Gasteiger partial charge in [0.1, 0.15) is 0 Å². The van der Waals surface area contributed by atoms with Crippen LogP contribution < -0.4 is 0 Å². The number of carbonyl (C=O) groups is 1. The molecular formula is C9H8N4O6. The summed E-state index contributed by atoms with van der Waals surface area (Å²) in [5, 5.41) is 36.8. The fraction of sp³-hybridized carbons (Fsp3) is 0.222. The Labute approximate surface area is 105 Å². The number of benzene rings is 1. The number of azo groups is 1. The van der Waals surface area contributed by atoms with Gasteiger partial charge in [-0.1, -0.05) is 6.07 Å². The number of carboxylic acid groups (broad SMARTS) is 1. The number of aliphatic carboxylic acids is 1. The summed E-state index contributed by atoms with van der Waals surface area (Å²) in [6.07, 6.45) is 0. The van der Waals surface area contributed by atoms with Crippen LogP contribution >= 0.6 is 0 Å². The predicted molar refractivity (Wildman–Crippen MR) is 61.4 cm³/mol. The van der Waals surface area contributed by atoms with Crippen LogP contribution in [0.1, 0.15) is 6.92 Å². The zero-order valence-corrected chi connectivity index (χ0v) is 9.59. The molecule has 1 aromatic rings. The smallest absolute Gasteiger partial charge is 0.373 e. The van der Waals surface area contributed by atoms with Crippen LogP contribution in [0.2, 0.25) is 0 Å². The topological polar surface area (TPSA) is 148 Å². The number of carboxylic acids is 1. The normalized spacial score (nSPS) is 12.3. The molecule has 0 heterocycles. The lowest BCUT2D eigenvalue weighted by Gasteiger charge is -1.99. The van der Waals surface area contributed by atoms with Crippen molar-refractivity contribution < 1.29 is 19.7 Å². The van der Waals surface area contributed by atoms with Gasteiger partial charge in [-0.2, -0.15) is 5.11 Å². The largest absolute Gasteiger partial charge is 0.480 e. The number of nitro groups is 2. The zero-order valence-electron chi connectivity index (χ0n) is 9.59. The summed E-state index contributed by atoms with van der Waals surface area (Å²) in [5.74, 6) is -1.27. The van der Waals surface area contributed by atoms with Crippen LogP contribution in [0.3, 0.4) is 0 Å². The Hall–Kier alpha value is -2.91. The molecule has 10 heteroatoms. The molecule has 19 heavy (non-hydrogen) atoms. The summed E-state index contributed by atoms with van der Waals surface area (Å²) in [6, 6.07) is 2.09. The second-order valence-corrected chi connectivity index (χ2v) is 3.39. The Morgan fingerprint density at radius 3 is 2.42 bits per heavy atom. The Morgan fingerprint density at radius 1 is 1.32 bits per heavy atom. The van der Waals surface area contributed by atoms with Gasteiger partial charge in [-0.25, -0.2) is 4.79 Å². The van der Waals surface area contributed by atoms with E-state index in [1.54, 1.807) is 0 Å². The third-order valence-corrected chi connectivity index (χ3v) is 2.07. The zero-order chi connectivity index (χ0) is 14.6. The van der Waals surface area contributed by atoms with Gasteiger partial charge in [0.25, 0.3) is 0 Å². The molecule has 0 saturated carbocycles. The molecule has 0 saturated heterocycles. The fourth-order valence-electron chi connectivity index (χ4n) is 1.13. The number of nitro benzene ring substituents is 2. The third kappa shape index (κ3) is 3.28. The van der Waals surface area contributed by atoms with Gasteiger partial charge in [-0.15, -0.1) is 5.11 Å². The van der Waals surface area contributed by atoms with Crippen molar-refractivity contribution in [3.63, 3.8) is 0 Å². The van der Waals surface area contributed by atoms with Gasteiger partial charge < -0.3 is 5.11 Å². The molecule has 1 N–H and O–H groups in total. The van der Waals surface area contributed by atoms with Crippen LogP contribution in [0, 0.1) is 20.2 Å². The molecule has 1 unspecified atom stereocenters. The molecule has 10 nitrogen and oxygen atoms in total. The van der Waals surface area contributed by atoms with Crippen molar-refractivity contribution in [2.75, 3.05) is 0 Å². The number of nitrogens with zero attached hydrogens (tertiary/aromatic N) is 4. The van der Waals surface area contributed by atoms with E-state index >= 15 is 0 Å². The molecule has 0 aliphatic heterocycles. The van der Waals surface area contributed by atoms with Gasteiger partial charge >= 0.3 is 17.3 Å². The first-order valence-electron chi connectivity index (χ1n) is 4.90. The van der Waals surface area contributed by atoms with E-state index in [1.807, 2.05) is 0 Å². The molecule has 0 aliphatic carbocycles. The SMILES string of the molecule is CC(N=Nc1cccc([N+](=O)[O-])c1[N+](=O)[O-])C(=O)O. The summed E-state index contributed by atoms with van der Waals surface area (Å²) in [5.41, 5.74) is -1.93. The standard InChI is InChI=1S/C9H8N4O6/c1-5(9(14)15)10-11-6-3-2-4-7(12(16)17)8(6)13(18)19/h2-5H,1H3,(H,14,15). The first-order valence-corrected chi connectivity index (χ1v) is 4.90. The minimum Gasteiger partial charge on any atom is -0.480 e. The monoisotopic (exact) mass is 268 g/mol. The number of rotatable bonds is 5. The van der Waals surface area contributed by atoms with Crippen molar-refractivity contribution >= 4 is 23.0 Å². The number of hydrogen-bond donors (Lipinski definition) is 1. The van der Waals surface area contributed by atoms with E-state index in [4.69, 9.17) is 5.11 Å². The van der Waals surface area contributed by atoms with E-state index < -0.39 is 33.2 Å². The van der Waals surface area contributed by atoms with Crippen LogP contribution in [0.5, 0.6) is 0 Å². The summed E-state index contributed by atoms with van der Waals surface area (Å²) in [7, 11) is 0. The Bertz CT molecular complexity index is 570. The first kappa shape index (κ1) is 14.2. The maximum atomic E-state index is 10.8. The maximum absolute atomic E-state index is 10.8. The molecule has 1 aromatic carbocycles. The molecule has 0 fully saturated rings. The van der Waals surface area contributed by atoms with Crippen molar-refractivity contribution in [3.8, 4) is 0 Å². The number of para-hydroxylation sites is 1. The average Bonchev–Trinajstić information content (AvgIpc) is 2.34. The van der Waals surface area contributed by atoms with Gasteiger partial charge in [0.05, 0.1) is 9.85 Å². The van der Waals surface area contributed by atoms with E-state index in [2.05, 4.69) is 10.2 Å². The lowest BCUT2D eigenvalue weighted by atomic mass is 10.2. The molecule has 0 spiro atoms. The van der Waals surface area contributed by atoms with Gasteiger partial charge in [-0.3, -0.25) is 20.2 Å². The summed E-state index contributed by atoms with van der Waals surface area (Å²) >= 11 is 0. The summed E-state index contributed by atoms with van der Waals surface area (Å²) in [6.45, 7) is 1.22. The Morgan fingerprint density at radius 2 is 1.95 bits per heavy atom. The Kier molecular flexibility index (Phi) is 4.19. The molecule has 0 aliphatic rings. The van der Waals surface area contributed by atoms with E-state index in [0.717, 1.165) is 12.1 Å². The van der Waals surface area contributed by atoms with E-state index in [0.29, 0.717) is 0 Å². The van der Waals surface area contributed by atoms with E-state index in [9.17, 15) is 25.0 Å². The lowest BCUT2D eigenvalue weighted by Crippen LogP contribution is -2.11. The fourth-order valence-corrected chi connectivity index (χ4v) is 1.13. The molecule has 0 bridgehead atoms. The van der Waals surface area contributed by atoms with Crippen LogP contribution in [-0.2, 0) is 4.79 Å². The predicted octanol–water partition coefficient (Wildman–Crippen LogP) is 2.06. The van der Waals surface area contributed by atoms with Crippen LogP contribution in [0.15, 0.2) is 28.4 Å². The second-order valence-electron chi connectivity index (χ2n) is 3.39. The van der Waals surface area contributed by atoms with Crippen LogP contribution in [-0.4, -0.2) is 27.0 Å². The summed E-state index contributed by atoms with van der Waals surface area (Å²) in [4.78, 5) is 30.1. The number of hydrogen-bond acceptors (Lipinski definition) is 7. The van der Waals surface area contributed by atoms with Crippen molar-refractivity contribution in [3.05, 3.63) is 38.4 Å². The summed E-state index contributed by atoms with van der Waals surface area (Å²) < 4.78 is 0. The molecule has 100 valence electrons. The second kappa shape index (κ2) is 5.62. The molecule has 1 atom stereocenters. The molecule has 0 aromatic heterocycles. The minimum absolute atomic E-state index is 0.368. The minimum atomic E-state index is -1.27. The van der Waals surface area contributed by atoms with E-state index in [1.165, 1.54) is 13.0 Å². The third-order valence-electron chi connectivity index (χ3n) is 2.07. The van der Waals surface area contributed by atoms with Crippen molar-refractivity contribution in [2.24, 2.45) is 10.2 Å². The quantitative estimate of drug-likeness (QED) is 0.490. The van der Waals surface area contributed by atoms with Gasteiger partial charge in [-0.05, 0) is 13.0 Å². The lowest BCUT2D eigenvalue weighted by molar-refractivity contribution is -0.421. The molecule has 0 amide bonds. The molecular weight excluding hydrogens is 260 g/mol. The van der Waals surface area contributed by atoms with Gasteiger partial charge in [0.15, 0.2) is 11.7 Å². The van der Waals surface area contributed by atoms with Crippen LogP contribution in [0.4, 0.5) is 17.1 Å². The average molecular weight is 268 g/mol. The van der Waals surface area contributed by atoms with Crippen molar-refractivity contribution in [1.29, 1.82) is 0 Å². The van der Waals surface area contributed by atoms with Gasteiger partial charge in [0, 0.05) is 6.07 Å². The van der Waals surface area contributed by atoms with Crippen LogP contribution in [0.25, 0.3) is 0 Å². The van der Waals surface area contributed by atoms with E-state index in [-0.39, 0.29) is 5.69 Å². The first-order chi connectivity index (χ1) is 8.84. The highest BCUT2D eigenvalue weighted by atomic mass is 16.6. The maximum Gasteiger partial charge on any atom is 0.373 e. The van der Waals surface area contributed by atoms with Crippen molar-refractivity contribution in [2.45, 2.75) is 13.0 Å². The van der Waals surface area contributed by atoms with Gasteiger partial charge in [0.2, 0.25) is 0 Å². The molecule has 0 radical (unpaired) electrons. The van der Waals surface area contributed by atoms with Crippen molar-refractivity contribution in [1.82, 2.24) is 0 Å². The highest BCUT2D eigenvalue weighted by Crippen LogP contribution is 2.36. The highest BCUT2D eigenvalue weighted by molar-refractivity contribution is 5.73. The Balaban J connectivity index is 3.28.